The van der Waals surface area contributed by atoms with Crippen molar-refractivity contribution in [3.8, 4) is 0 Å². The van der Waals surface area contributed by atoms with Crippen LogP contribution in [0.3, 0.4) is 0 Å². The number of halogens is 1. The molecule has 0 atom stereocenters. The number of allylic oxidation sites excluding steroid dienone is 6. The van der Waals surface area contributed by atoms with Crippen LogP contribution < -0.4 is 5.73 Å². The van der Waals surface area contributed by atoms with E-state index in [2.05, 4.69) is 0 Å². The summed E-state index contributed by atoms with van der Waals surface area (Å²) in [6.45, 7) is 7.60. The van der Waals surface area contributed by atoms with Gasteiger partial charge in [-0.25, -0.2) is 4.39 Å². The van der Waals surface area contributed by atoms with Crippen LogP contribution in [0.5, 0.6) is 0 Å². The normalized spacial score (nSPS) is 14.8. The monoisotopic (exact) mass is 265 g/mol. The first-order valence-corrected chi connectivity index (χ1v) is 6.67. The van der Waals surface area contributed by atoms with Crippen molar-refractivity contribution in [2.75, 3.05) is 0 Å². The SMILES string of the molecule is C/C=C(\C=C(F)/C=C(\C)CC)C(=C/CCC)/C(N)=O. The summed E-state index contributed by atoms with van der Waals surface area (Å²) in [6, 6.07) is 0. The third-order valence-electron chi connectivity index (χ3n) is 2.76. The molecular weight excluding hydrogens is 241 g/mol. The molecule has 0 unspecified atom stereocenters. The smallest absolute Gasteiger partial charge is 0.248 e. The summed E-state index contributed by atoms with van der Waals surface area (Å²) in [5.74, 6) is -0.891. The van der Waals surface area contributed by atoms with Crippen LogP contribution in [0.4, 0.5) is 4.39 Å². The third kappa shape index (κ3) is 6.75. The largest absolute Gasteiger partial charge is 0.366 e. The molecule has 0 radical (unpaired) electrons. The van der Waals surface area contributed by atoms with Crippen LogP contribution in [0.15, 0.2) is 46.9 Å². The maximum absolute atomic E-state index is 13.8. The maximum Gasteiger partial charge on any atom is 0.248 e. The number of carbonyl (C=O) groups excluding carboxylic acids is 1. The quantitative estimate of drug-likeness (QED) is 0.539. The van der Waals surface area contributed by atoms with Gasteiger partial charge in [0.2, 0.25) is 5.91 Å². The fraction of sp³-hybridized carbons (Fsp3) is 0.438. The molecule has 0 fully saturated rings. The van der Waals surface area contributed by atoms with Gasteiger partial charge < -0.3 is 5.73 Å². The van der Waals surface area contributed by atoms with E-state index < -0.39 is 5.91 Å². The van der Waals surface area contributed by atoms with Gasteiger partial charge in [0.1, 0.15) is 5.83 Å². The van der Waals surface area contributed by atoms with Crippen LogP contribution in [0.25, 0.3) is 0 Å². The van der Waals surface area contributed by atoms with Gasteiger partial charge in [0.15, 0.2) is 0 Å². The molecule has 0 rings (SSSR count). The first kappa shape index (κ1) is 17.4. The second-order valence-electron chi connectivity index (χ2n) is 4.39. The first-order chi connectivity index (χ1) is 8.96. The van der Waals surface area contributed by atoms with Crippen LogP contribution >= 0.6 is 0 Å². The van der Waals surface area contributed by atoms with E-state index in [1.165, 1.54) is 12.2 Å². The molecule has 1 amide bonds. The first-order valence-electron chi connectivity index (χ1n) is 6.67. The molecule has 19 heavy (non-hydrogen) atoms. The number of amides is 1. The van der Waals surface area contributed by atoms with Crippen LogP contribution in [-0.4, -0.2) is 5.91 Å². The minimum absolute atomic E-state index is 0.365. The molecule has 2 nitrogen and oxygen atoms in total. The Kier molecular flexibility index (Phi) is 8.51. The molecule has 3 heteroatoms. The van der Waals surface area contributed by atoms with Gasteiger partial charge in [-0.15, -0.1) is 0 Å². The summed E-state index contributed by atoms with van der Waals surface area (Å²) in [6.07, 6.45) is 8.73. The van der Waals surface area contributed by atoms with E-state index in [-0.39, 0.29) is 5.83 Å². The van der Waals surface area contributed by atoms with Gasteiger partial charge in [-0.3, -0.25) is 4.79 Å². The van der Waals surface area contributed by atoms with E-state index in [1.807, 2.05) is 20.8 Å². The number of rotatable bonds is 7. The Hall–Kier alpha value is -1.64. The fourth-order valence-corrected chi connectivity index (χ4v) is 1.49. The molecular formula is C16H24FNO. The molecule has 0 saturated heterocycles. The van der Waals surface area contributed by atoms with Crippen molar-refractivity contribution in [2.45, 2.75) is 47.0 Å². The lowest BCUT2D eigenvalue weighted by Gasteiger charge is -2.05. The van der Waals surface area contributed by atoms with Crippen LogP contribution in [0.2, 0.25) is 0 Å². The van der Waals surface area contributed by atoms with Crippen molar-refractivity contribution in [2.24, 2.45) is 5.73 Å². The lowest BCUT2D eigenvalue weighted by Crippen LogP contribution is -2.15. The molecule has 0 aliphatic heterocycles. The van der Waals surface area contributed by atoms with Crippen molar-refractivity contribution in [1.29, 1.82) is 0 Å². The van der Waals surface area contributed by atoms with Gasteiger partial charge in [0, 0.05) is 5.57 Å². The van der Waals surface area contributed by atoms with E-state index in [1.54, 1.807) is 19.1 Å². The minimum atomic E-state index is -0.526. The molecule has 0 aromatic carbocycles. The second kappa shape index (κ2) is 9.31. The van der Waals surface area contributed by atoms with E-state index >= 15 is 0 Å². The summed E-state index contributed by atoms with van der Waals surface area (Å²) < 4.78 is 13.8. The third-order valence-corrected chi connectivity index (χ3v) is 2.76. The number of carbonyl (C=O) groups is 1. The molecule has 0 aromatic heterocycles. The van der Waals surface area contributed by atoms with Gasteiger partial charge in [-0.1, -0.05) is 38.0 Å². The van der Waals surface area contributed by atoms with Gasteiger partial charge >= 0.3 is 0 Å². The Morgan fingerprint density at radius 1 is 1.26 bits per heavy atom. The molecule has 0 spiro atoms. The van der Waals surface area contributed by atoms with E-state index in [4.69, 9.17) is 5.73 Å². The minimum Gasteiger partial charge on any atom is -0.366 e. The fourth-order valence-electron chi connectivity index (χ4n) is 1.49. The Bertz CT molecular complexity index is 428. The Labute approximate surface area is 115 Å². The summed E-state index contributed by atoms with van der Waals surface area (Å²) in [4.78, 5) is 11.4. The van der Waals surface area contributed by atoms with Gasteiger partial charge in [-0.2, -0.15) is 0 Å². The highest BCUT2D eigenvalue weighted by Gasteiger charge is 2.09. The van der Waals surface area contributed by atoms with Crippen molar-refractivity contribution in [1.82, 2.24) is 0 Å². The van der Waals surface area contributed by atoms with Crippen LogP contribution in [0.1, 0.15) is 47.0 Å². The summed E-state index contributed by atoms with van der Waals surface area (Å²) in [7, 11) is 0. The standard InChI is InChI=1S/C16H24FNO/c1-5-8-9-15(16(18)19)13(7-3)11-14(17)10-12(4)6-2/h7,9-11H,5-6,8H2,1-4H3,(H2,18,19)/b12-10+,13-7+,14-11+,15-9-. The van der Waals surface area contributed by atoms with Gasteiger partial charge in [0.25, 0.3) is 0 Å². The highest BCUT2D eigenvalue weighted by atomic mass is 19.1. The molecule has 0 bridgehead atoms. The highest BCUT2D eigenvalue weighted by Crippen LogP contribution is 2.17. The van der Waals surface area contributed by atoms with Crippen molar-refractivity contribution in [3.63, 3.8) is 0 Å². The zero-order chi connectivity index (χ0) is 14.8. The lowest BCUT2D eigenvalue weighted by atomic mass is 10.0. The Morgan fingerprint density at radius 2 is 1.89 bits per heavy atom. The summed E-state index contributed by atoms with van der Waals surface area (Å²) in [5, 5.41) is 0. The zero-order valence-corrected chi connectivity index (χ0v) is 12.3. The van der Waals surface area contributed by atoms with Crippen molar-refractivity contribution in [3.05, 3.63) is 46.9 Å². The topological polar surface area (TPSA) is 43.1 Å². The Morgan fingerprint density at radius 3 is 2.32 bits per heavy atom. The average Bonchev–Trinajstić information content (AvgIpc) is 2.36. The average molecular weight is 265 g/mol. The zero-order valence-electron chi connectivity index (χ0n) is 12.3. The molecule has 106 valence electrons. The maximum atomic E-state index is 13.8. The molecule has 0 aromatic rings. The molecule has 0 saturated carbocycles. The molecule has 0 heterocycles. The second-order valence-corrected chi connectivity index (χ2v) is 4.39. The van der Waals surface area contributed by atoms with E-state index in [0.717, 1.165) is 24.8 Å². The number of primary amides is 1. The summed E-state index contributed by atoms with van der Waals surface area (Å²) in [5.41, 5.74) is 7.19. The molecule has 2 N–H and O–H groups in total. The molecule has 0 aliphatic carbocycles. The number of nitrogens with two attached hydrogens (primary N) is 1. The van der Waals surface area contributed by atoms with Crippen molar-refractivity contribution >= 4 is 5.91 Å². The number of hydrogen-bond donors (Lipinski definition) is 1. The Balaban J connectivity index is 5.32. The van der Waals surface area contributed by atoms with Gasteiger partial charge in [0.05, 0.1) is 0 Å². The predicted molar refractivity (Wildman–Crippen MR) is 79.2 cm³/mol. The van der Waals surface area contributed by atoms with E-state index in [9.17, 15) is 9.18 Å². The molecule has 0 aliphatic rings. The number of unbranched alkanes of at least 4 members (excludes halogenated alkanes) is 1. The summed E-state index contributed by atoms with van der Waals surface area (Å²) >= 11 is 0. The predicted octanol–water partition coefficient (Wildman–Crippen LogP) is 4.35. The highest BCUT2D eigenvalue weighted by molar-refractivity contribution is 5.97. The van der Waals surface area contributed by atoms with E-state index in [0.29, 0.717) is 11.1 Å². The van der Waals surface area contributed by atoms with Crippen LogP contribution in [0, 0.1) is 0 Å². The van der Waals surface area contributed by atoms with Crippen molar-refractivity contribution < 1.29 is 9.18 Å². The van der Waals surface area contributed by atoms with Gasteiger partial charge in [-0.05, 0) is 44.4 Å². The number of hydrogen-bond acceptors (Lipinski definition) is 1. The van der Waals surface area contributed by atoms with Crippen LogP contribution in [-0.2, 0) is 4.79 Å². The lowest BCUT2D eigenvalue weighted by molar-refractivity contribution is -0.114.